The molecular formula is C10H15BrN2OS. The monoisotopic (exact) mass is 290 g/mol. The lowest BCUT2D eigenvalue weighted by atomic mass is 10.1. The summed E-state index contributed by atoms with van der Waals surface area (Å²) < 4.78 is 0.959. The minimum atomic E-state index is -0.0620. The maximum absolute atomic E-state index is 11.6. The molecule has 1 atom stereocenters. The van der Waals surface area contributed by atoms with E-state index in [4.69, 9.17) is 5.73 Å². The van der Waals surface area contributed by atoms with E-state index in [-0.39, 0.29) is 11.9 Å². The van der Waals surface area contributed by atoms with Crippen molar-refractivity contribution in [2.75, 3.05) is 6.54 Å². The zero-order chi connectivity index (χ0) is 11.4. The number of rotatable bonds is 4. The first kappa shape index (κ1) is 12.7. The van der Waals surface area contributed by atoms with Crippen molar-refractivity contribution < 1.29 is 4.79 Å². The van der Waals surface area contributed by atoms with Crippen LogP contribution in [0.4, 0.5) is 0 Å². The fraction of sp³-hybridized carbons (Fsp3) is 0.500. The number of halogens is 1. The number of carbonyl (C=O) groups is 1. The Morgan fingerprint density at radius 3 is 2.80 bits per heavy atom. The summed E-state index contributed by atoms with van der Waals surface area (Å²) in [5.74, 6) is 0.313. The van der Waals surface area contributed by atoms with Crippen LogP contribution in [0.2, 0.25) is 0 Å². The van der Waals surface area contributed by atoms with Crippen molar-refractivity contribution >= 4 is 33.2 Å². The highest BCUT2D eigenvalue weighted by Crippen LogP contribution is 2.20. The van der Waals surface area contributed by atoms with Gasteiger partial charge >= 0.3 is 0 Å². The first-order chi connectivity index (χ1) is 7.00. The second kappa shape index (κ2) is 5.63. The molecule has 1 aromatic rings. The van der Waals surface area contributed by atoms with Gasteiger partial charge in [-0.25, -0.2) is 0 Å². The zero-order valence-corrected chi connectivity index (χ0v) is 11.2. The molecule has 0 aliphatic heterocycles. The lowest BCUT2D eigenvalue weighted by molar-refractivity contribution is 0.0949. The van der Waals surface area contributed by atoms with E-state index < -0.39 is 0 Å². The maximum Gasteiger partial charge on any atom is 0.252 e. The normalized spacial score (nSPS) is 12.9. The van der Waals surface area contributed by atoms with Crippen LogP contribution in [0.3, 0.4) is 0 Å². The second-order valence-electron chi connectivity index (χ2n) is 3.76. The van der Waals surface area contributed by atoms with Gasteiger partial charge < -0.3 is 11.1 Å². The SMILES string of the molecule is CC(C)C(N)CNC(=O)c1csc(Br)c1. The van der Waals surface area contributed by atoms with Crippen LogP contribution in [0, 0.1) is 5.92 Å². The second-order valence-corrected chi connectivity index (χ2v) is 6.05. The molecule has 84 valence electrons. The average molecular weight is 291 g/mol. The lowest BCUT2D eigenvalue weighted by Gasteiger charge is -2.15. The number of amides is 1. The van der Waals surface area contributed by atoms with Gasteiger partial charge in [-0.2, -0.15) is 0 Å². The minimum Gasteiger partial charge on any atom is -0.350 e. The van der Waals surface area contributed by atoms with Crippen LogP contribution >= 0.6 is 27.3 Å². The van der Waals surface area contributed by atoms with Crippen molar-refractivity contribution in [1.29, 1.82) is 0 Å². The summed E-state index contributed by atoms with van der Waals surface area (Å²) in [7, 11) is 0. The Morgan fingerprint density at radius 1 is 1.67 bits per heavy atom. The van der Waals surface area contributed by atoms with Crippen molar-refractivity contribution in [3.8, 4) is 0 Å². The third-order valence-corrected chi connectivity index (χ3v) is 3.69. The standard InChI is InChI=1S/C10H15BrN2OS/c1-6(2)8(12)4-13-10(14)7-3-9(11)15-5-7/h3,5-6,8H,4,12H2,1-2H3,(H,13,14). The van der Waals surface area contributed by atoms with Crippen molar-refractivity contribution in [3.05, 3.63) is 20.8 Å². The summed E-state index contributed by atoms with van der Waals surface area (Å²) in [6.07, 6.45) is 0. The molecule has 0 radical (unpaired) electrons. The van der Waals surface area contributed by atoms with Crippen LogP contribution in [-0.4, -0.2) is 18.5 Å². The highest BCUT2D eigenvalue weighted by Gasteiger charge is 2.11. The van der Waals surface area contributed by atoms with E-state index in [1.165, 1.54) is 11.3 Å². The van der Waals surface area contributed by atoms with Crippen LogP contribution in [0.1, 0.15) is 24.2 Å². The molecule has 0 fully saturated rings. The van der Waals surface area contributed by atoms with Gasteiger partial charge in [-0.3, -0.25) is 4.79 Å². The molecule has 0 saturated carbocycles. The highest BCUT2D eigenvalue weighted by atomic mass is 79.9. The van der Waals surface area contributed by atoms with Crippen LogP contribution in [-0.2, 0) is 0 Å². The van der Waals surface area contributed by atoms with Gasteiger partial charge in [-0.05, 0) is 27.9 Å². The van der Waals surface area contributed by atoms with Crippen LogP contribution in [0.15, 0.2) is 15.2 Å². The zero-order valence-electron chi connectivity index (χ0n) is 8.79. The number of thiophene rings is 1. The first-order valence-electron chi connectivity index (χ1n) is 4.78. The molecule has 5 heteroatoms. The van der Waals surface area contributed by atoms with Crippen LogP contribution in [0.25, 0.3) is 0 Å². The molecule has 3 N–H and O–H groups in total. The van der Waals surface area contributed by atoms with Gasteiger partial charge in [0.2, 0.25) is 0 Å². The van der Waals surface area contributed by atoms with E-state index >= 15 is 0 Å². The molecule has 0 aliphatic rings. The Kier molecular flexibility index (Phi) is 4.76. The predicted molar refractivity (Wildman–Crippen MR) is 67.2 cm³/mol. The van der Waals surface area contributed by atoms with E-state index in [1.807, 2.05) is 19.2 Å². The van der Waals surface area contributed by atoms with E-state index in [2.05, 4.69) is 21.2 Å². The summed E-state index contributed by atoms with van der Waals surface area (Å²) >= 11 is 4.82. The molecule has 1 unspecified atom stereocenters. The number of hydrogen-bond donors (Lipinski definition) is 2. The number of hydrogen-bond acceptors (Lipinski definition) is 3. The molecule has 3 nitrogen and oxygen atoms in total. The topological polar surface area (TPSA) is 55.1 Å². The number of carbonyl (C=O) groups excluding carboxylic acids is 1. The smallest absolute Gasteiger partial charge is 0.252 e. The minimum absolute atomic E-state index is 0.0102. The highest BCUT2D eigenvalue weighted by molar-refractivity contribution is 9.11. The molecule has 0 bridgehead atoms. The van der Waals surface area contributed by atoms with Gasteiger partial charge in [0.25, 0.3) is 5.91 Å². The summed E-state index contributed by atoms with van der Waals surface area (Å²) in [5.41, 5.74) is 6.51. The largest absolute Gasteiger partial charge is 0.350 e. The Labute approximate surface area is 102 Å². The van der Waals surface area contributed by atoms with Crippen LogP contribution in [0.5, 0.6) is 0 Å². The predicted octanol–water partition coefficient (Wildman–Crippen LogP) is 2.22. The molecule has 1 aromatic heterocycles. The molecule has 0 aromatic carbocycles. The van der Waals surface area contributed by atoms with Gasteiger partial charge in [0, 0.05) is 18.0 Å². The number of nitrogens with one attached hydrogen (secondary N) is 1. The molecular weight excluding hydrogens is 276 g/mol. The maximum atomic E-state index is 11.6. The molecule has 1 rings (SSSR count). The van der Waals surface area contributed by atoms with Crippen molar-refractivity contribution in [2.24, 2.45) is 11.7 Å². The van der Waals surface area contributed by atoms with Crippen molar-refractivity contribution in [3.63, 3.8) is 0 Å². The fourth-order valence-corrected chi connectivity index (χ4v) is 2.11. The van der Waals surface area contributed by atoms with Gasteiger partial charge in [0.05, 0.1) is 9.35 Å². The molecule has 15 heavy (non-hydrogen) atoms. The Balaban J connectivity index is 2.43. The van der Waals surface area contributed by atoms with E-state index in [0.29, 0.717) is 18.0 Å². The van der Waals surface area contributed by atoms with Gasteiger partial charge in [0.15, 0.2) is 0 Å². The molecule has 0 aliphatic carbocycles. The Bertz CT molecular complexity index is 338. The molecule has 0 saturated heterocycles. The third kappa shape index (κ3) is 3.93. The van der Waals surface area contributed by atoms with Gasteiger partial charge in [-0.15, -0.1) is 11.3 Å². The van der Waals surface area contributed by atoms with Gasteiger partial charge in [-0.1, -0.05) is 13.8 Å². The summed E-state index contributed by atoms with van der Waals surface area (Å²) in [4.78, 5) is 11.6. The van der Waals surface area contributed by atoms with E-state index in [9.17, 15) is 4.79 Å². The lowest BCUT2D eigenvalue weighted by Crippen LogP contribution is -2.40. The Morgan fingerprint density at radius 2 is 2.33 bits per heavy atom. The number of nitrogens with two attached hydrogens (primary N) is 1. The molecule has 1 heterocycles. The van der Waals surface area contributed by atoms with Crippen LogP contribution < -0.4 is 11.1 Å². The third-order valence-electron chi connectivity index (χ3n) is 2.18. The summed E-state index contributed by atoms with van der Waals surface area (Å²) in [6, 6.07) is 1.82. The molecule has 0 spiro atoms. The summed E-state index contributed by atoms with van der Waals surface area (Å²) in [5, 5.41) is 4.64. The van der Waals surface area contributed by atoms with Crippen molar-refractivity contribution in [1.82, 2.24) is 5.32 Å². The Hall–Kier alpha value is -0.390. The average Bonchev–Trinajstić information content (AvgIpc) is 2.60. The van der Waals surface area contributed by atoms with Crippen molar-refractivity contribution in [2.45, 2.75) is 19.9 Å². The van der Waals surface area contributed by atoms with E-state index in [0.717, 1.165) is 3.79 Å². The first-order valence-corrected chi connectivity index (χ1v) is 6.45. The van der Waals surface area contributed by atoms with Gasteiger partial charge in [0.1, 0.15) is 0 Å². The summed E-state index contributed by atoms with van der Waals surface area (Å²) in [6.45, 7) is 4.60. The van der Waals surface area contributed by atoms with E-state index in [1.54, 1.807) is 6.07 Å². The molecule has 1 amide bonds. The fourth-order valence-electron chi connectivity index (χ4n) is 0.977. The quantitative estimate of drug-likeness (QED) is 0.893.